The molecular weight excluding hydrogens is 381 g/mol. The predicted octanol–water partition coefficient (Wildman–Crippen LogP) is 4.04. The number of aromatic nitrogens is 3. The second-order valence-corrected chi connectivity index (χ2v) is 7.31. The van der Waals surface area contributed by atoms with Gasteiger partial charge in [0.25, 0.3) is 5.91 Å². The molecule has 30 heavy (non-hydrogen) atoms. The Labute approximate surface area is 177 Å². The first kappa shape index (κ1) is 21.8. The standard InChI is InChI=1S/C23H30FN5O/c1-3-12-27(13-4-2)14-8-11-25-22(30)21-18-26-29(20-10-7-9-19(24)17-20)23(21)28-15-5-6-16-28/h5-7,9-10,15-18H,3-4,8,11-14H2,1-2H3,(H,25,30). The Morgan fingerprint density at radius 1 is 1.10 bits per heavy atom. The SMILES string of the molecule is CCCN(CCC)CCCNC(=O)c1cnn(-c2cccc(F)c2)c1-n1cccc1. The number of rotatable bonds is 11. The Morgan fingerprint density at radius 3 is 2.50 bits per heavy atom. The molecule has 3 aromatic rings. The van der Waals surface area contributed by atoms with E-state index >= 15 is 0 Å². The number of halogens is 1. The first-order chi connectivity index (χ1) is 14.6. The second kappa shape index (κ2) is 10.7. The largest absolute Gasteiger partial charge is 0.352 e. The zero-order valence-corrected chi connectivity index (χ0v) is 17.7. The fourth-order valence-electron chi connectivity index (χ4n) is 3.59. The van der Waals surface area contributed by atoms with E-state index in [1.807, 2.05) is 29.1 Å². The van der Waals surface area contributed by atoms with Gasteiger partial charge in [-0.05, 0) is 69.2 Å². The van der Waals surface area contributed by atoms with E-state index in [1.54, 1.807) is 16.8 Å². The summed E-state index contributed by atoms with van der Waals surface area (Å²) in [5.41, 5.74) is 1.02. The molecule has 2 heterocycles. The summed E-state index contributed by atoms with van der Waals surface area (Å²) >= 11 is 0. The van der Waals surface area contributed by atoms with Crippen LogP contribution in [0.25, 0.3) is 11.5 Å². The van der Waals surface area contributed by atoms with Gasteiger partial charge in [-0.2, -0.15) is 5.10 Å². The summed E-state index contributed by atoms with van der Waals surface area (Å²) in [5.74, 6) is 0.0525. The third-order valence-electron chi connectivity index (χ3n) is 4.91. The predicted molar refractivity (Wildman–Crippen MR) is 117 cm³/mol. The van der Waals surface area contributed by atoms with Crippen LogP contribution in [0.1, 0.15) is 43.5 Å². The molecule has 7 heteroatoms. The summed E-state index contributed by atoms with van der Waals surface area (Å²) in [6, 6.07) is 9.93. The van der Waals surface area contributed by atoms with Crippen LogP contribution >= 0.6 is 0 Å². The van der Waals surface area contributed by atoms with Gasteiger partial charge in [0.05, 0.1) is 11.9 Å². The lowest BCUT2D eigenvalue weighted by atomic mass is 10.2. The van der Waals surface area contributed by atoms with Crippen molar-refractivity contribution in [1.29, 1.82) is 0 Å². The van der Waals surface area contributed by atoms with E-state index in [0.29, 0.717) is 23.6 Å². The lowest BCUT2D eigenvalue weighted by Crippen LogP contribution is -2.31. The quantitative estimate of drug-likeness (QED) is 0.485. The van der Waals surface area contributed by atoms with E-state index in [4.69, 9.17) is 0 Å². The normalized spacial score (nSPS) is 11.2. The number of benzene rings is 1. The molecule has 1 aromatic carbocycles. The number of nitrogens with one attached hydrogen (secondary N) is 1. The minimum atomic E-state index is -0.351. The van der Waals surface area contributed by atoms with Gasteiger partial charge >= 0.3 is 0 Å². The molecule has 0 saturated heterocycles. The van der Waals surface area contributed by atoms with Gasteiger partial charge in [0.15, 0.2) is 5.82 Å². The highest BCUT2D eigenvalue weighted by Gasteiger charge is 2.20. The minimum Gasteiger partial charge on any atom is -0.352 e. The van der Waals surface area contributed by atoms with Crippen LogP contribution in [0.2, 0.25) is 0 Å². The van der Waals surface area contributed by atoms with Crippen LogP contribution in [0, 0.1) is 5.82 Å². The highest BCUT2D eigenvalue weighted by molar-refractivity contribution is 5.97. The van der Waals surface area contributed by atoms with Gasteiger partial charge in [-0.3, -0.25) is 4.79 Å². The summed E-state index contributed by atoms with van der Waals surface area (Å²) in [7, 11) is 0. The molecular formula is C23H30FN5O. The van der Waals surface area contributed by atoms with Crippen molar-refractivity contribution in [3.8, 4) is 11.5 Å². The molecule has 0 aliphatic rings. The fraction of sp³-hybridized carbons (Fsp3) is 0.391. The van der Waals surface area contributed by atoms with Gasteiger partial charge in [-0.25, -0.2) is 9.07 Å². The Kier molecular flexibility index (Phi) is 7.79. The van der Waals surface area contributed by atoms with Gasteiger partial charge in [-0.1, -0.05) is 19.9 Å². The molecule has 3 rings (SSSR count). The maximum Gasteiger partial charge on any atom is 0.256 e. The van der Waals surface area contributed by atoms with Crippen LogP contribution in [0.15, 0.2) is 55.0 Å². The number of amides is 1. The first-order valence-electron chi connectivity index (χ1n) is 10.6. The molecule has 160 valence electrons. The highest BCUT2D eigenvalue weighted by atomic mass is 19.1. The summed E-state index contributed by atoms with van der Waals surface area (Å²) in [4.78, 5) is 15.3. The Morgan fingerprint density at radius 2 is 1.83 bits per heavy atom. The molecule has 0 spiro atoms. The van der Waals surface area contributed by atoms with E-state index in [0.717, 1.165) is 38.9 Å². The molecule has 0 radical (unpaired) electrons. The van der Waals surface area contributed by atoms with Crippen LogP contribution in [-0.2, 0) is 0 Å². The molecule has 0 saturated carbocycles. The Balaban J connectivity index is 1.73. The van der Waals surface area contributed by atoms with Crippen molar-refractivity contribution in [2.24, 2.45) is 0 Å². The van der Waals surface area contributed by atoms with Gasteiger partial charge < -0.3 is 14.8 Å². The molecule has 1 amide bonds. The fourth-order valence-corrected chi connectivity index (χ4v) is 3.59. The Hall–Kier alpha value is -2.93. The monoisotopic (exact) mass is 411 g/mol. The van der Waals surface area contributed by atoms with Crippen molar-refractivity contribution in [2.45, 2.75) is 33.1 Å². The maximum absolute atomic E-state index is 13.7. The minimum absolute atomic E-state index is 0.182. The van der Waals surface area contributed by atoms with Crippen LogP contribution in [-0.4, -0.2) is 51.3 Å². The van der Waals surface area contributed by atoms with Crippen LogP contribution < -0.4 is 5.32 Å². The topological polar surface area (TPSA) is 55.1 Å². The summed E-state index contributed by atoms with van der Waals surface area (Å²) in [5, 5.41) is 7.38. The molecule has 0 fully saturated rings. The van der Waals surface area contributed by atoms with Crippen LogP contribution in [0.4, 0.5) is 4.39 Å². The zero-order chi connectivity index (χ0) is 21.3. The number of carbonyl (C=O) groups excluding carboxylic acids is 1. The van der Waals surface area contributed by atoms with Crippen LogP contribution in [0.3, 0.4) is 0 Å². The number of hydrogen-bond donors (Lipinski definition) is 1. The van der Waals surface area contributed by atoms with Crippen molar-refractivity contribution in [1.82, 2.24) is 24.6 Å². The highest BCUT2D eigenvalue weighted by Crippen LogP contribution is 2.20. The smallest absolute Gasteiger partial charge is 0.256 e. The van der Waals surface area contributed by atoms with Crippen molar-refractivity contribution >= 4 is 5.91 Å². The van der Waals surface area contributed by atoms with E-state index in [2.05, 4.69) is 29.2 Å². The van der Waals surface area contributed by atoms with Crippen molar-refractivity contribution < 1.29 is 9.18 Å². The van der Waals surface area contributed by atoms with Crippen LogP contribution in [0.5, 0.6) is 0 Å². The lowest BCUT2D eigenvalue weighted by molar-refractivity contribution is 0.0951. The first-order valence-corrected chi connectivity index (χ1v) is 10.6. The van der Waals surface area contributed by atoms with Crippen molar-refractivity contribution in [2.75, 3.05) is 26.2 Å². The molecule has 0 aliphatic carbocycles. The molecule has 1 N–H and O–H groups in total. The molecule has 0 bridgehead atoms. The zero-order valence-electron chi connectivity index (χ0n) is 17.7. The summed E-state index contributed by atoms with van der Waals surface area (Å²) < 4.78 is 17.1. The van der Waals surface area contributed by atoms with Gasteiger partial charge in [0, 0.05) is 18.9 Å². The number of hydrogen-bond acceptors (Lipinski definition) is 3. The van der Waals surface area contributed by atoms with Gasteiger partial charge in [-0.15, -0.1) is 0 Å². The lowest BCUT2D eigenvalue weighted by Gasteiger charge is -2.20. The number of carbonyl (C=O) groups is 1. The second-order valence-electron chi connectivity index (χ2n) is 7.31. The van der Waals surface area contributed by atoms with Gasteiger partial charge in [0.2, 0.25) is 0 Å². The molecule has 0 unspecified atom stereocenters. The molecule has 2 aromatic heterocycles. The van der Waals surface area contributed by atoms with Crippen molar-refractivity contribution in [3.05, 3.63) is 66.4 Å². The average Bonchev–Trinajstić information content (AvgIpc) is 3.40. The third-order valence-corrected chi connectivity index (χ3v) is 4.91. The molecule has 0 atom stereocenters. The van der Waals surface area contributed by atoms with Crippen molar-refractivity contribution in [3.63, 3.8) is 0 Å². The Bertz CT molecular complexity index is 929. The maximum atomic E-state index is 13.7. The van der Waals surface area contributed by atoms with Gasteiger partial charge in [0.1, 0.15) is 11.4 Å². The van der Waals surface area contributed by atoms with E-state index in [-0.39, 0.29) is 11.7 Å². The van der Waals surface area contributed by atoms with E-state index in [9.17, 15) is 9.18 Å². The summed E-state index contributed by atoms with van der Waals surface area (Å²) in [6.07, 6.45) is 8.38. The molecule has 0 aliphatic heterocycles. The summed E-state index contributed by atoms with van der Waals surface area (Å²) in [6.45, 7) is 8.10. The third kappa shape index (κ3) is 5.36. The number of nitrogens with zero attached hydrogens (tertiary/aromatic N) is 4. The van der Waals surface area contributed by atoms with E-state index < -0.39 is 0 Å². The molecule has 6 nitrogen and oxygen atoms in total. The van der Waals surface area contributed by atoms with E-state index in [1.165, 1.54) is 18.3 Å². The average molecular weight is 412 g/mol.